The summed E-state index contributed by atoms with van der Waals surface area (Å²) in [7, 11) is 0. The molecule has 11 heteroatoms. The summed E-state index contributed by atoms with van der Waals surface area (Å²) in [5.74, 6) is -0.571. The summed E-state index contributed by atoms with van der Waals surface area (Å²) in [6, 6.07) is 7.96. The van der Waals surface area contributed by atoms with Crippen LogP contribution in [0.2, 0.25) is 0 Å². The van der Waals surface area contributed by atoms with Crippen molar-refractivity contribution in [2.75, 3.05) is 5.32 Å². The van der Waals surface area contributed by atoms with Crippen molar-refractivity contribution in [1.29, 1.82) is 0 Å². The lowest BCUT2D eigenvalue weighted by molar-refractivity contribution is -0.498. The third-order valence-electron chi connectivity index (χ3n) is 6.12. The smallest absolute Gasteiger partial charge is 0.416 e. The largest absolute Gasteiger partial charge is 0.464 e. The van der Waals surface area contributed by atoms with Crippen LogP contribution in [0.4, 0.5) is 23.5 Å². The number of hydrogen-bond donors (Lipinski definition) is 3. The number of rotatable bonds is 3. The second-order valence-corrected chi connectivity index (χ2v) is 8.13. The molecule has 0 bridgehead atoms. The molecule has 0 aliphatic carbocycles. The van der Waals surface area contributed by atoms with E-state index in [-0.39, 0.29) is 18.8 Å². The summed E-state index contributed by atoms with van der Waals surface area (Å²) in [5.41, 5.74) is 2.13. The summed E-state index contributed by atoms with van der Waals surface area (Å²) < 4.78 is 61.3. The average Bonchev–Trinajstić information content (AvgIpc) is 3.48. The SMILES string of the molecule is O=C1NCc2cc(C(F)(F)F)ccc2-c2cnc(NCc3c(F)ccc4occc34)[n+]3c[nH]c1c23. The molecule has 176 valence electrons. The van der Waals surface area contributed by atoms with E-state index in [1.54, 1.807) is 16.5 Å². The maximum Gasteiger partial charge on any atom is 0.416 e. The van der Waals surface area contributed by atoms with Gasteiger partial charge in [0, 0.05) is 17.5 Å². The molecule has 1 aliphatic heterocycles. The van der Waals surface area contributed by atoms with Crippen LogP contribution in [0.3, 0.4) is 0 Å². The number of aromatic amines is 1. The van der Waals surface area contributed by atoms with Gasteiger partial charge in [-0.15, -0.1) is 4.98 Å². The zero-order valence-corrected chi connectivity index (χ0v) is 17.8. The molecule has 0 unspecified atom stereocenters. The molecule has 3 N–H and O–H groups in total. The number of carbonyl (C=O) groups excluding carboxylic acids is 1. The fourth-order valence-corrected chi connectivity index (χ4v) is 4.43. The van der Waals surface area contributed by atoms with Crippen molar-refractivity contribution in [2.24, 2.45) is 0 Å². The molecule has 2 aromatic carbocycles. The molecule has 1 amide bonds. The maximum atomic E-state index is 14.5. The predicted molar refractivity (Wildman–Crippen MR) is 117 cm³/mol. The molecule has 0 radical (unpaired) electrons. The van der Waals surface area contributed by atoms with Gasteiger partial charge in [0.1, 0.15) is 16.9 Å². The Balaban J connectivity index is 1.46. The van der Waals surface area contributed by atoms with E-state index in [1.165, 1.54) is 30.9 Å². The highest BCUT2D eigenvalue weighted by Crippen LogP contribution is 2.35. The van der Waals surface area contributed by atoms with Gasteiger partial charge in [0.2, 0.25) is 0 Å². The first kappa shape index (κ1) is 21.1. The van der Waals surface area contributed by atoms with E-state index in [1.807, 2.05) is 0 Å². The standard InChI is InChI=1S/C24H15F4N5O2/c25-18-3-4-19-15(5-6-35-19)16(18)9-30-23-31-10-17-14-2-1-13(24(26,27)28)7-12(14)8-29-22(34)20-21(17)33(23)11-32-20/h1-7,10-11H,8-9H2,(H2,29,30,31,34)/p+1. The number of imidazole rings is 1. The first-order valence-corrected chi connectivity index (χ1v) is 10.6. The van der Waals surface area contributed by atoms with Gasteiger partial charge in [-0.1, -0.05) is 6.07 Å². The van der Waals surface area contributed by atoms with Gasteiger partial charge >= 0.3 is 12.1 Å². The Hall–Kier alpha value is -4.41. The fourth-order valence-electron chi connectivity index (χ4n) is 4.43. The van der Waals surface area contributed by atoms with Crippen LogP contribution < -0.4 is 15.0 Å². The van der Waals surface area contributed by atoms with Gasteiger partial charge in [-0.2, -0.15) is 17.6 Å². The number of fused-ring (bicyclic) bond motifs is 3. The van der Waals surface area contributed by atoms with Crippen LogP contribution in [-0.4, -0.2) is 15.9 Å². The molecule has 0 spiro atoms. The van der Waals surface area contributed by atoms with Crippen molar-refractivity contribution < 1.29 is 31.2 Å². The zero-order valence-electron chi connectivity index (χ0n) is 17.8. The van der Waals surface area contributed by atoms with Crippen molar-refractivity contribution in [3.8, 4) is 11.1 Å². The number of anilines is 1. The highest BCUT2D eigenvalue weighted by molar-refractivity contribution is 6.02. The molecule has 6 rings (SSSR count). The van der Waals surface area contributed by atoms with Crippen molar-refractivity contribution in [2.45, 2.75) is 19.3 Å². The molecule has 5 aromatic rings. The summed E-state index contributed by atoms with van der Waals surface area (Å²) in [4.78, 5) is 20.1. The third-order valence-corrected chi connectivity index (χ3v) is 6.12. The molecule has 1 aliphatic rings. The number of H-pyrrole nitrogens is 1. The van der Waals surface area contributed by atoms with Crippen LogP contribution in [-0.2, 0) is 19.3 Å². The van der Waals surface area contributed by atoms with Gasteiger partial charge in [-0.3, -0.25) is 15.1 Å². The number of carbonyl (C=O) groups is 1. The highest BCUT2D eigenvalue weighted by Gasteiger charge is 2.33. The fraction of sp³-hybridized carbons (Fsp3) is 0.125. The van der Waals surface area contributed by atoms with Gasteiger partial charge in [-0.05, 0) is 41.5 Å². The number of hydrogen-bond acceptors (Lipinski definition) is 4. The van der Waals surface area contributed by atoms with Crippen molar-refractivity contribution >= 4 is 28.3 Å². The van der Waals surface area contributed by atoms with Crippen molar-refractivity contribution in [3.05, 3.63) is 83.4 Å². The first-order valence-electron chi connectivity index (χ1n) is 10.6. The Morgan fingerprint density at radius 3 is 2.83 bits per heavy atom. The van der Waals surface area contributed by atoms with E-state index in [0.29, 0.717) is 44.7 Å². The molecule has 0 saturated heterocycles. The molecular formula is C24H16F4N5O2+. The van der Waals surface area contributed by atoms with Crippen molar-refractivity contribution in [1.82, 2.24) is 15.3 Å². The summed E-state index contributed by atoms with van der Waals surface area (Å²) in [5, 5.41) is 6.36. The van der Waals surface area contributed by atoms with E-state index in [9.17, 15) is 22.4 Å². The minimum Gasteiger partial charge on any atom is -0.464 e. The van der Waals surface area contributed by atoms with Crippen LogP contribution in [0.15, 0.2) is 59.6 Å². The van der Waals surface area contributed by atoms with Crippen LogP contribution in [0.1, 0.15) is 27.2 Å². The number of amides is 1. The van der Waals surface area contributed by atoms with E-state index in [2.05, 4.69) is 20.6 Å². The monoisotopic (exact) mass is 482 g/mol. The van der Waals surface area contributed by atoms with Crippen LogP contribution in [0.5, 0.6) is 0 Å². The van der Waals surface area contributed by atoms with Gasteiger partial charge in [-0.25, -0.2) is 4.39 Å². The summed E-state index contributed by atoms with van der Waals surface area (Å²) >= 11 is 0. The molecule has 3 aromatic heterocycles. The van der Waals surface area contributed by atoms with E-state index >= 15 is 0 Å². The van der Waals surface area contributed by atoms with Crippen LogP contribution in [0, 0.1) is 5.82 Å². The van der Waals surface area contributed by atoms with Gasteiger partial charge in [0.05, 0.1) is 30.1 Å². The van der Waals surface area contributed by atoms with Crippen molar-refractivity contribution in [3.63, 3.8) is 0 Å². The van der Waals surface area contributed by atoms with Gasteiger partial charge in [0.25, 0.3) is 5.91 Å². The molecule has 0 saturated carbocycles. The number of furan rings is 1. The number of nitrogens with zero attached hydrogens (tertiary/aromatic N) is 2. The highest BCUT2D eigenvalue weighted by atomic mass is 19.4. The van der Waals surface area contributed by atoms with E-state index in [4.69, 9.17) is 4.42 Å². The minimum absolute atomic E-state index is 0.0727. The molecule has 0 fully saturated rings. The zero-order chi connectivity index (χ0) is 24.3. The Morgan fingerprint density at radius 1 is 1.14 bits per heavy atom. The lowest BCUT2D eigenvalue weighted by atomic mass is 9.96. The lowest BCUT2D eigenvalue weighted by Crippen LogP contribution is -2.30. The Kier molecular flexibility index (Phi) is 4.56. The van der Waals surface area contributed by atoms with Gasteiger partial charge < -0.3 is 9.73 Å². The third kappa shape index (κ3) is 3.38. The molecular weight excluding hydrogens is 466 g/mol. The lowest BCUT2D eigenvalue weighted by Gasteiger charge is -2.17. The Morgan fingerprint density at radius 2 is 2.00 bits per heavy atom. The Labute approximate surface area is 194 Å². The van der Waals surface area contributed by atoms with Crippen LogP contribution >= 0.6 is 0 Å². The van der Waals surface area contributed by atoms with E-state index < -0.39 is 23.5 Å². The second kappa shape index (κ2) is 7.55. The number of aromatic nitrogens is 3. The Bertz CT molecular complexity index is 1640. The molecule has 4 heterocycles. The van der Waals surface area contributed by atoms with Gasteiger partial charge in [0.15, 0.2) is 12.0 Å². The maximum absolute atomic E-state index is 14.5. The topological polar surface area (TPSA) is 87.0 Å². The first-order chi connectivity index (χ1) is 16.8. The molecule has 7 nitrogen and oxygen atoms in total. The summed E-state index contributed by atoms with van der Waals surface area (Å²) in [6.45, 7) is 0.00604. The second-order valence-electron chi connectivity index (χ2n) is 8.13. The average molecular weight is 482 g/mol. The molecule has 0 atom stereocenters. The quantitative estimate of drug-likeness (QED) is 0.260. The number of alkyl halides is 3. The number of nitrogens with one attached hydrogen (secondary N) is 3. The number of benzene rings is 2. The van der Waals surface area contributed by atoms with E-state index in [0.717, 1.165) is 12.1 Å². The number of halogens is 4. The predicted octanol–water partition coefficient (Wildman–Crippen LogP) is 4.58. The minimum atomic E-state index is -4.51. The molecule has 35 heavy (non-hydrogen) atoms. The normalized spacial score (nSPS) is 13.4. The van der Waals surface area contributed by atoms with Crippen LogP contribution in [0.25, 0.3) is 27.6 Å². The summed E-state index contributed by atoms with van der Waals surface area (Å²) in [6.07, 6.45) is -0.0178.